The Kier molecular flexibility index (Phi) is 11.2. The molecule has 42 heavy (non-hydrogen) atoms. The van der Waals surface area contributed by atoms with Gasteiger partial charge in [-0.25, -0.2) is 13.2 Å². The van der Waals surface area contributed by atoms with Crippen LogP contribution in [-0.2, 0) is 30.6 Å². The number of phenolic OH excluding ortho intramolecular Hbond substituents is 1. The number of hydrogen-bond donors (Lipinski definition) is 3. The number of alkyl halides is 1. The van der Waals surface area contributed by atoms with Gasteiger partial charge in [0.2, 0.25) is 5.91 Å². The maximum Gasteiger partial charge on any atom is 0.326 e. The molecule has 12 heteroatoms. The van der Waals surface area contributed by atoms with Gasteiger partial charge in [0.05, 0.1) is 21.4 Å². The molecule has 1 aliphatic rings. The van der Waals surface area contributed by atoms with Gasteiger partial charge in [0.25, 0.3) is 5.91 Å². The van der Waals surface area contributed by atoms with E-state index in [1.807, 2.05) is 0 Å². The Morgan fingerprint density at radius 1 is 1.17 bits per heavy atom. The Hall–Kier alpha value is -3.86. The Balaban J connectivity index is 1.80. The number of carboxylic acid groups (broad SMARTS) is 1. The van der Waals surface area contributed by atoms with Gasteiger partial charge in [-0.1, -0.05) is 54.6 Å². The number of sulfone groups is 1. The number of carboxylic acids is 1. The summed E-state index contributed by atoms with van der Waals surface area (Å²) in [6.07, 6.45) is 5.55. The van der Waals surface area contributed by atoms with Crippen LogP contribution in [0, 0.1) is 0 Å². The summed E-state index contributed by atoms with van der Waals surface area (Å²) < 4.78 is 23.8. The van der Waals surface area contributed by atoms with Crippen molar-refractivity contribution in [2.45, 2.75) is 23.8 Å². The molecule has 3 rings (SSSR count). The SMILES string of the molecule is C=CC1=C(/C(Cl)=C(\CCl)C(=O)N[C@@H](Cc2cccc(S(C)(=O)=O)c2)C(=O)O)CCN(C(=O)/C=C/c2ccccc2O)C1. The van der Waals surface area contributed by atoms with Gasteiger partial charge in [-0.05, 0) is 47.4 Å². The van der Waals surface area contributed by atoms with E-state index in [2.05, 4.69) is 11.9 Å². The van der Waals surface area contributed by atoms with Gasteiger partial charge in [-0.2, -0.15) is 0 Å². The third-order valence-corrected chi connectivity index (χ3v) is 8.42. The number of carbonyl (C=O) groups is 3. The summed E-state index contributed by atoms with van der Waals surface area (Å²) in [5, 5.41) is 22.1. The minimum absolute atomic E-state index is 0.0299. The van der Waals surface area contributed by atoms with E-state index >= 15 is 0 Å². The molecule has 0 saturated carbocycles. The summed E-state index contributed by atoms with van der Waals surface area (Å²) in [5.74, 6) is -2.68. The molecule has 0 spiro atoms. The van der Waals surface area contributed by atoms with Gasteiger partial charge >= 0.3 is 5.97 Å². The number of aliphatic carboxylic acids is 1. The van der Waals surface area contributed by atoms with Crippen molar-refractivity contribution in [2.24, 2.45) is 0 Å². The summed E-state index contributed by atoms with van der Waals surface area (Å²) in [7, 11) is -3.51. The largest absolute Gasteiger partial charge is 0.507 e. The molecule has 1 atom stereocenters. The lowest BCUT2D eigenvalue weighted by Crippen LogP contribution is -2.43. The first-order valence-corrected chi connectivity index (χ1v) is 15.5. The fourth-order valence-electron chi connectivity index (χ4n) is 4.29. The van der Waals surface area contributed by atoms with Gasteiger partial charge in [0, 0.05) is 37.4 Å². The van der Waals surface area contributed by atoms with Crippen LogP contribution in [0.1, 0.15) is 17.5 Å². The highest BCUT2D eigenvalue weighted by molar-refractivity contribution is 7.90. The molecule has 3 N–H and O–H groups in total. The van der Waals surface area contributed by atoms with Gasteiger partial charge in [0.1, 0.15) is 11.8 Å². The first kappa shape index (κ1) is 32.7. The zero-order chi connectivity index (χ0) is 31.0. The fraction of sp³-hybridized carbons (Fsp3) is 0.233. The van der Waals surface area contributed by atoms with Crippen LogP contribution in [0.15, 0.2) is 93.9 Å². The average molecular weight is 634 g/mol. The topological polar surface area (TPSA) is 141 Å². The average Bonchev–Trinajstić information content (AvgIpc) is 2.95. The Morgan fingerprint density at radius 2 is 1.88 bits per heavy atom. The van der Waals surface area contributed by atoms with Crippen molar-refractivity contribution in [1.82, 2.24) is 10.2 Å². The molecule has 2 aromatic carbocycles. The van der Waals surface area contributed by atoms with Gasteiger partial charge in [-0.15, -0.1) is 11.6 Å². The molecule has 9 nitrogen and oxygen atoms in total. The zero-order valence-corrected chi connectivity index (χ0v) is 25.0. The predicted molar refractivity (Wildman–Crippen MR) is 162 cm³/mol. The number of hydrogen-bond acceptors (Lipinski definition) is 6. The number of phenols is 1. The lowest BCUT2D eigenvalue weighted by Gasteiger charge is -2.29. The molecule has 0 radical (unpaired) electrons. The number of aromatic hydroxyl groups is 1. The van der Waals surface area contributed by atoms with Gasteiger partial charge in [0.15, 0.2) is 9.84 Å². The third-order valence-electron chi connectivity index (χ3n) is 6.59. The third kappa shape index (κ3) is 8.34. The number of allylic oxidation sites excluding steroid dienone is 1. The normalized spacial score (nSPS) is 15.3. The van der Waals surface area contributed by atoms with Crippen molar-refractivity contribution < 1.29 is 33.0 Å². The second kappa shape index (κ2) is 14.4. The minimum Gasteiger partial charge on any atom is -0.507 e. The van der Waals surface area contributed by atoms with E-state index in [1.165, 1.54) is 42.5 Å². The monoisotopic (exact) mass is 632 g/mol. The number of benzene rings is 2. The first-order valence-electron chi connectivity index (χ1n) is 12.7. The molecule has 222 valence electrons. The molecule has 0 bridgehead atoms. The summed E-state index contributed by atoms with van der Waals surface area (Å²) >= 11 is 12.7. The standard InChI is InChI=1S/C30H30Cl2N2O7S/c1-3-20-18-34(27(36)12-11-21-8-4-5-10-26(21)35)14-13-23(20)28(32)24(17-31)29(37)33-25(30(38)39)16-19-7-6-9-22(15-19)42(2,40)41/h3-12,15,25,35H,1,13-14,16-18H2,2H3,(H,33,37)(H,38,39)/b12-11+,28-24-/t25-/m0/s1. The Bertz CT molecular complexity index is 1600. The Labute approximate surface area is 254 Å². The number of para-hydroxylation sites is 1. The van der Waals surface area contributed by atoms with E-state index in [-0.39, 0.29) is 59.0 Å². The van der Waals surface area contributed by atoms with E-state index in [1.54, 1.807) is 29.2 Å². The Morgan fingerprint density at radius 3 is 2.50 bits per heavy atom. The van der Waals surface area contributed by atoms with E-state index in [9.17, 15) is 33.0 Å². The predicted octanol–water partition coefficient (Wildman–Crippen LogP) is 4.07. The van der Waals surface area contributed by atoms with Crippen LogP contribution in [0.5, 0.6) is 5.75 Å². The maximum absolute atomic E-state index is 13.2. The number of nitrogens with zero attached hydrogens (tertiary/aromatic N) is 1. The van der Waals surface area contributed by atoms with Gasteiger partial charge < -0.3 is 20.4 Å². The van der Waals surface area contributed by atoms with E-state index in [0.29, 0.717) is 22.3 Å². The molecule has 0 aliphatic carbocycles. The summed E-state index contributed by atoms with van der Waals surface area (Å²) in [6, 6.07) is 11.0. The smallest absolute Gasteiger partial charge is 0.326 e. The fourth-order valence-corrected chi connectivity index (χ4v) is 5.68. The molecule has 0 fully saturated rings. The first-order chi connectivity index (χ1) is 19.8. The van der Waals surface area contributed by atoms with Crippen molar-refractivity contribution in [2.75, 3.05) is 25.2 Å². The van der Waals surface area contributed by atoms with Crippen LogP contribution in [-0.4, -0.2) is 72.6 Å². The van der Waals surface area contributed by atoms with Crippen LogP contribution in [0.2, 0.25) is 0 Å². The van der Waals surface area contributed by atoms with Crippen LogP contribution < -0.4 is 5.32 Å². The second-order valence-electron chi connectivity index (χ2n) is 9.52. The molecular weight excluding hydrogens is 603 g/mol. The van der Waals surface area contributed by atoms with E-state index in [0.717, 1.165) is 6.26 Å². The van der Waals surface area contributed by atoms with Crippen LogP contribution in [0.3, 0.4) is 0 Å². The molecule has 0 unspecified atom stereocenters. The number of rotatable bonds is 11. The summed E-state index contributed by atoms with van der Waals surface area (Å²) in [6.45, 7) is 4.24. The van der Waals surface area contributed by atoms with Crippen molar-refractivity contribution in [3.63, 3.8) is 0 Å². The molecular formula is C30H30Cl2N2O7S. The van der Waals surface area contributed by atoms with E-state index < -0.39 is 27.8 Å². The van der Waals surface area contributed by atoms with Crippen LogP contribution >= 0.6 is 23.2 Å². The van der Waals surface area contributed by atoms with Crippen LogP contribution in [0.4, 0.5) is 0 Å². The van der Waals surface area contributed by atoms with Crippen molar-refractivity contribution >= 4 is 56.9 Å². The lowest BCUT2D eigenvalue weighted by molar-refractivity contribution is -0.141. The minimum atomic E-state index is -3.51. The maximum atomic E-state index is 13.2. The van der Waals surface area contributed by atoms with Crippen molar-refractivity contribution in [1.29, 1.82) is 0 Å². The van der Waals surface area contributed by atoms with Crippen LogP contribution in [0.25, 0.3) is 6.08 Å². The number of amides is 2. The molecule has 0 aromatic heterocycles. The number of halogens is 2. The molecule has 0 saturated heterocycles. The lowest BCUT2D eigenvalue weighted by atomic mass is 9.96. The summed E-state index contributed by atoms with van der Waals surface area (Å²) in [4.78, 5) is 39.5. The van der Waals surface area contributed by atoms with Crippen molar-refractivity contribution in [3.05, 3.63) is 100 Å². The molecule has 1 aliphatic heterocycles. The highest BCUT2D eigenvalue weighted by atomic mass is 35.5. The number of nitrogens with one attached hydrogen (secondary N) is 1. The highest BCUT2D eigenvalue weighted by Crippen LogP contribution is 2.31. The zero-order valence-electron chi connectivity index (χ0n) is 22.7. The molecule has 2 aromatic rings. The molecule has 1 heterocycles. The van der Waals surface area contributed by atoms with Gasteiger partial charge in [-0.3, -0.25) is 9.59 Å². The molecule has 2 amide bonds. The quantitative estimate of drug-likeness (QED) is 0.250. The highest BCUT2D eigenvalue weighted by Gasteiger charge is 2.27. The van der Waals surface area contributed by atoms with E-state index in [4.69, 9.17) is 23.2 Å². The second-order valence-corrected chi connectivity index (χ2v) is 12.2. The summed E-state index contributed by atoms with van der Waals surface area (Å²) in [5.41, 5.74) is 1.99. The van der Waals surface area contributed by atoms with Crippen molar-refractivity contribution in [3.8, 4) is 5.75 Å². The number of carbonyl (C=O) groups excluding carboxylic acids is 2.